The first-order valence-electron chi connectivity index (χ1n) is 9.32. The van der Waals surface area contributed by atoms with Crippen LogP contribution in [-0.2, 0) is 4.79 Å². The van der Waals surface area contributed by atoms with E-state index in [0.29, 0.717) is 27.0 Å². The second-order valence-corrected chi connectivity index (χ2v) is 7.22. The fourth-order valence-electron chi connectivity index (χ4n) is 2.76. The number of halogens is 2. The van der Waals surface area contributed by atoms with Crippen molar-refractivity contribution >= 4 is 46.4 Å². The van der Waals surface area contributed by atoms with Gasteiger partial charge in [-0.05, 0) is 49.2 Å². The number of carbonyl (C=O) groups is 2. The van der Waals surface area contributed by atoms with E-state index in [1.54, 1.807) is 30.3 Å². The average molecular weight is 422 g/mol. The van der Waals surface area contributed by atoms with E-state index in [9.17, 15) is 9.59 Å². The first-order chi connectivity index (χ1) is 13.4. The Morgan fingerprint density at radius 3 is 2.29 bits per heavy atom. The van der Waals surface area contributed by atoms with Crippen LogP contribution < -0.4 is 10.6 Å². The highest BCUT2D eigenvalue weighted by atomic mass is 35.5. The van der Waals surface area contributed by atoms with Crippen molar-refractivity contribution in [1.29, 1.82) is 0 Å². The molecule has 0 aliphatic rings. The predicted octanol–water partition coefficient (Wildman–Crippen LogP) is 5.31. The lowest BCUT2D eigenvalue weighted by atomic mass is 10.1. The molecule has 2 aromatic rings. The highest BCUT2D eigenvalue weighted by molar-refractivity contribution is 6.42. The molecule has 2 N–H and O–H groups in total. The number of carbonyl (C=O) groups excluding carboxylic acids is 2. The fraction of sp³-hybridized carbons (Fsp3) is 0.333. The van der Waals surface area contributed by atoms with Crippen molar-refractivity contribution < 1.29 is 9.59 Å². The van der Waals surface area contributed by atoms with Crippen LogP contribution in [0.25, 0.3) is 0 Å². The van der Waals surface area contributed by atoms with Crippen molar-refractivity contribution in [2.75, 3.05) is 30.3 Å². The number of hydrogen-bond acceptors (Lipinski definition) is 3. The number of amides is 2. The maximum atomic E-state index is 12.7. The zero-order valence-corrected chi connectivity index (χ0v) is 17.6. The minimum atomic E-state index is -0.228. The van der Waals surface area contributed by atoms with Gasteiger partial charge >= 0.3 is 0 Å². The number of nitrogens with one attached hydrogen (secondary N) is 2. The molecule has 0 bridgehead atoms. The normalized spacial score (nSPS) is 10.4. The van der Waals surface area contributed by atoms with Crippen molar-refractivity contribution in [2.45, 2.75) is 26.7 Å². The summed E-state index contributed by atoms with van der Waals surface area (Å²) in [6, 6.07) is 12.1. The summed E-state index contributed by atoms with van der Waals surface area (Å²) in [5.41, 5.74) is 1.89. The van der Waals surface area contributed by atoms with E-state index in [1.807, 2.05) is 17.0 Å². The van der Waals surface area contributed by atoms with E-state index in [4.69, 9.17) is 23.2 Å². The van der Waals surface area contributed by atoms with Crippen LogP contribution in [-0.4, -0.2) is 36.3 Å². The minimum absolute atomic E-state index is 0.00704. The Bertz CT molecular complexity index is 821. The first kappa shape index (κ1) is 22.1. The molecular formula is C21H25Cl2N3O2. The van der Waals surface area contributed by atoms with Crippen LogP contribution in [0.3, 0.4) is 0 Å². The van der Waals surface area contributed by atoms with Gasteiger partial charge in [0.2, 0.25) is 5.91 Å². The Morgan fingerprint density at radius 1 is 0.929 bits per heavy atom. The van der Waals surface area contributed by atoms with Crippen LogP contribution in [0.4, 0.5) is 11.4 Å². The smallest absolute Gasteiger partial charge is 0.253 e. The molecule has 0 aliphatic heterocycles. The van der Waals surface area contributed by atoms with E-state index < -0.39 is 0 Å². The molecule has 7 heteroatoms. The van der Waals surface area contributed by atoms with Crippen molar-refractivity contribution in [3.63, 3.8) is 0 Å². The quantitative estimate of drug-likeness (QED) is 0.576. The average Bonchev–Trinajstić information content (AvgIpc) is 2.69. The molecule has 150 valence electrons. The summed E-state index contributed by atoms with van der Waals surface area (Å²) in [6.07, 6.45) is 1.83. The van der Waals surface area contributed by atoms with Crippen LogP contribution in [0, 0.1) is 0 Å². The van der Waals surface area contributed by atoms with E-state index in [1.165, 1.54) is 0 Å². The van der Waals surface area contributed by atoms with Gasteiger partial charge in [-0.15, -0.1) is 0 Å². The number of benzene rings is 2. The summed E-state index contributed by atoms with van der Waals surface area (Å²) in [7, 11) is 0. The van der Waals surface area contributed by atoms with Crippen LogP contribution in [0.2, 0.25) is 10.0 Å². The molecule has 5 nitrogen and oxygen atoms in total. The third kappa shape index (κ3) is 6.43. The molecule has 0 fully saturated rings. The third-order valence-electron chi connectivity index (χ3n) is 4.04. The van der Waals surface area contributed by atoms with Crippen molar-refractivity contribution in [3.8, 4) is 0 Å². The molecule has 0 saturated heterocycles. The van der Waals surface area contributed by atoms with Gasteiger partial charge in [-0.25, -0.2) is 0 Å². The Balaban J connectivity index is 1.97. The standard InChI is InChI=1S/C21H25Cl2N3O2/c1-3-10-26(11-4-2)21(28)15-6-5-7-16(12-15)24-14-20(27)25-17-8-9-18(22)19(23)13-17/h5-9,12-13,24H,3-4,10-11,14H2,1-2H3,(H,25,27). The van der Waals surface area contributed by atoms with Crippen LogP contribution in [0.1, 0.15) is 37.0 Å². The fourth-order valence-corrected chi connectivity index (χ4v) is 3.06. The molecule has 0 radical (unpaired) electrons. The van der Waals surface area contributed by atoms with Crippen molar-refractivity contribution in [1.82, 2.24) is 4.90 Å². The lowest BCUT2D eigenvalue weighted by molar-refractivity contribution is -0.114. The topological polar surface area (TPSA) is 61.4 Å². The van der Waals surface area contributed by atoms with E-state index in [2.05, 4.69) is 24.5 Å². The zero-order chi connectivity index (χ0) is 20.5. The van der Waals surface area contributed by atoms with Crippen LogP contribution in [0.5, 0.6) is 0 Å². The van der Waals surface area contributed by atoms with E-state index >= 15 is 0 Å². The third-order valence-corrected chi connectivity index (χ3v) is 4.78. The predicted molar refractivity (Wildman–Crippen MR) is 117 cm³/mol. The summed E-state index contributed by atoms with van der Waals surface area (Å²) >= 11 is 11.8. The summed E-state index contributed by atoms with van der Waals surface area (Å²) < 4.78 is 0. The molecule has 2 rings (SSSR count). The summed E-state index contributed by atoms with van der Waals surface area (Å²) in [6.45, 7) is 5.64. The van der Waals surface area contributed by atoms with Gasteiger partial charge in [-0.3, -0.25) is 9.59 Å². The number of hydrogen-bond donors (Lipinski definition) is 2. The number of anilines is 2. The van der Waals surface area contributed by atoms with Crippen LogP contribution in [0.15, 0.2) is 42.5 Å². The SMILES string of the molecule is CCCN(CCC)C(=O)c1cccc(NCC(=O)Nc2ccc(Cl)c(Cl)c2)c1. The van der Waals surface area contributed by atoms with Crippen molar-refractivity contribution in [2.24, 2.45) is 0 Å². The Labute approximate surface area is 176 Å². The maximum Gasteiger partial charge on any atom is 0.253 e. The lowest BCUT2D eigenvalue weighted by Crippen LogP contribution is -2.32. The van der Waals surface area contributed by atoms with Crippen molar-refractivity contribution in [3.05, 3.63) is 58.1 Å². The van der Waals surface area contributed by atoms with Gasteiger partial charge < -0.3 is 15.5 Å². The molecule has 0 aromatic heterocycles. The largest absolute Gasteiger partial charge is 0.376 e. The molecule has 0 spiro atoms. The number of nitrogens with zero attached hydrogens (tertiary/aromatic N) is 1. The second kappa shape index (κ2) is 10.9. The molecule has 0 aliphatic carbocycles. The Kier molecular flexibility index (Phi) is 8.61. The Morgan fingerprint density at radius 2 is 1.64 bits per heavy atom. The van der Waals surface area contributed by atoms with Gasteiger partial charge in [0.15, 0.2) is 0 Å². The van der Waals surface area contributed by atoms with Crippen LogP contribution >= 0.6 is 23.2 Å². The monoisotopic (exact) mass is 421 g/mol. The molecular weight excluding hydrogens is 397 g/mol. The summed E-state index contributed by atoms with van der Waals surface area (Å²) in [5.74, 6) is -0.221. The zero-order valence-electron chi connectivity index (χ0n) is 16.1. The minimum Gasteiger partial charge on any atom is -0.376 e. The highest BCUT2D eigenvalue weighted by Gasteiger charge is 2.14. The second-order valence-electron chi connectivity index (χ2n) is 6.40. The van der Waals surface area contributed by atoms with E-state index in [-0.39, 0.29) is 18.4 Å². The molecule has 2 aromatic carbocycles. The van der Waals surface area contributed by atoms with Gasteiger partial charge in [0.25, 0.3) is 5.91 Å². The maximum absolute atomic E-state index is 12.7. The molecule has 2 amide bonds. The van der Waals surface area contributed by atoms with Gasteiger partial charge in [-0.1, -0.05) is 43.1 Å². The molecule has 0 heterocycles. The number of rotatable bonds is 9. The molecule has 0 saturated carbocycles. The summed E-state index contributed by atoms with van der Waals surface area (Å²) in [5, 5.41) is 6.60. The Hall–Kier alpha value is -2.24. The molecule has 0 unspecified atom stereocenters. The molecule has 0 atom stereocenters. The molecule has 28 heavy (non-hydrogen) atoms. The van der Waals surface area contributed by atoms with E-state index in [0.717, 1.165) is 25.9 Å². The van der Waals surface area contributed by atoms with Gasteiger partial charge in [0.1, 0.15) is 0 Å². The first-order valence-corrected chi connectivity index (χ1v) is 10.1. The highest BCUT2D eigenvalue weighted by Crippen LogP contribution is 2.25. The lowest BCUT2D eigenvalue weighted by Gasteiger charge is -2.21. The summed E-state index contributed by atoms with van der Waals surface area (Å²) in [4.78, 5) is 26.7. The van der Waals surface area contributed by atoms with Gasteiger partial charge in [0, 0.05) is 30.0 Å². The van der Waals surface area contributed by atoms with Gasteiger partial charge in [0.05, 0.1) is 16.6 Å². The van der Waals surface area contributed by atoms with Gasteiger partial charge in [-0.2, -0.15) is 0 Å².